The normalized spacial score (nSPS) is 19.3. The van der Waals surface area contributed by atoms with Gasteiger partial charge in [0.05, 0.1) is 19.4 Å². The van der Waals surface area contributed by atoms with Crippen LogP contribution in [0.15, 0.2) is 11.4 Å². The Morgan fingerprint density at radius 2 is 2.44 bits per heavy atom. The molecule has 0 bridgehead atoms. The summed E-state index contributed by atoms with van der Waals surface area (Å²) in [5, 5.41) is 7.47. The second-order valence-electron chi connectivity index (χ2n) is 3.71. The summed E-state index contributed by atoms with van der Waals surface area (Å²) in [5.74, 6) is -0.714. The molecule has 98 valence electrons. The fourth-order valence-electron chi connectivity index (χ4n) is 1.61. The number of hydrogen-bond acceptors (Lipinski definition) is 6. The average Bonchev–Trinajstić information content (AvgIpc) is 2.87. The van der Waals surface area contributed by atoms with Crippen LogP contribution < -0.4 is 10.6 Å². The zero-order valence-corrected chi connectivity index (χ0v) is 10.7. The van der Waals surface area contributed by atoms with Gasteiger partial charge < -0.3 is 20.1 Å². The lowest BCUT2D eigenvalue weighted by Gasteiger charge is -2.22. The van der Waals surface area contributed by atoms with Crippen LogP contribution in [0.3, 0.4) is 0 Å². The van der Waals surface area contributed by atoms with Crippen LogP contribution in [-0.4, -0.2) is 44.8 Å². The van der Waals surface area contributed by atoms with Gasteiger partial charge in [-0.15, -0.1) is 11.3 Å². The molecule has 1 aliphatic rings. The number of amides is 1. The van der Waals surface area contributed by atoms with Crippen molar-refractivity contribution >= 4 is 28.9 Å². The highest BCUT2D eigenvalue weighted by atomic mass is 32.1. The number of morpholine rings is 1. The molecule has 1 unspecified atom stereocenters. The molecule has 18 heavy (non-hydrogen) atoms. The van der Waals surface area contributed by atoms with Crippen molar-refractivity contribution in [3.05, 3.63) is 16.3 Å². The summed E-state index contributed by atoms with van der Waals surface area (Å²) < 4.78 is 9.97. The smallest absolute Gasteiger partial charge is 0.350 e. The number of esters is 1. The van der Waals surface area contributed by atoms with Crippen LogP contribution in [0.4, 0.5) is 5.69 Å². The van der Waals surface area contributed by atoms with E-state index in [9.17, 15) is 9.59 Å². The van der Waals surface area contributed by atoms with E-state index < -0.39 is 12.1 Å². The molecule has 2 N–H and O–H groups in total. The maximum atomic E-state index is 11.9. The van der Waals surface area contributed by atoms with Gasteiger partial charge in [-0.1, -0.05) is 0 Å². The first-order valence-electron chi connectivity index (χ1n) is 5.51. The third-order valence-electron chi connectivity index (χ3n) is 2.51. The van der Waals surface area contributed by atoms with Crippen molar-refractivity contribution < 1.29 is 19.1 Å². The monoisotopic (exact) mass is 270 g/mol. The molecule has 6 nitrogen and oxygen atoms in total. The average molecular weight is 270 g/mol. The predicted molar refractivity (Wildman–Crippen MR) is 66.9 cm³/mol. The first-order valence-corrected chi connectivity index (χ1v) is 6.39. The van der Waals surface area contributed by atoms with Gasteiger partial charge in [-0.2, -0.15) is 0 Å². The Morgan fingerprint density at radius 1 is 1.61 bits per heavy atom. The molecule has 1 atom stereocenters. The van der Waals surface area contributed by atoms with Crippen LogP contribution in [0.2, 0.25) is 0 Å². The molecule has 0 aromatic carbocycles. The molecule has 1 aromatic rings. The summed E-state index contributed by atoms with van der Waals surface area (Å²) >= 11 is 1.23. The molecule has 2 rings (SSSR count). The number of rotatable bonds is 3. The summed E-state index contributed by atoms with van der Waals surface area (Å²) in [6.07, 6.45) is -0.524. The van der Waals surface area contributed by atoms with Crippen molar-refractivity contribution in [1.82, 2.24) is 5.32 Å². The highest BCUT2D eigenvalue weighted by Gasteiger charge is 2.24. The summed E-state index contributed by atoms with van der Waals surface area (Å²) in [7, 11) is 1.31. The Balaban J connectivity index is 2.02. The van der Waals surface area contributed by atoms with Gasteiger partial charge in [-0.05, 0) is 11.4 Å². The van der Waals surface area contributed by atoms with E-state index in [1.165, 1.54) is 18.4 Å². The molecule has 1 fully saturated rings. The van der Waals surface area contributed by atoms with Crippen LogP contribution in [0.25, 0.3) is 0 Å². The van der Waals surface area contributed by atoms with E-state index in [4.69, 9.17) is 4.74 Å². The molecule has 2 heterocycles. The minimum Gasteiger partial charge on any atom is -0.465 e. The van der Waals surface area contributed by atoms with Gasteiger partial charge in [0, 0.05) is 13.1 Å². The summed E-state index contributed by atoms with van der Waals surface area (Å²) in [6.45, 7) is 1.73. The third kappa shape index (κ3) is 2.87. The standard InChI is InChI=1S/C11H14N2O4S/c1-16-11(15)9-7(2-5-18-9)13-10(14)8-6-12-3-4-17-8/h2,5,8,12H,3-4,6H2,1H3,(H,13,14). The Labute approximate surface area is 108 Å². The summed E-state index contributed by atoms with van der Waals surface area (Å²) in [6, 6.07) is 1.67. The van der Waals surface area contributed by atoms with Crippen molar-refractivity contribution in [2.45, 2.75) is 6.10 Å². The number of methoxy groups -OCH3 is 1. The van der Waals surface area contributed by atoms with Gasteiger partial charge in [0.1, 0.15) is 11.0 Å². The number of thiophene rings is 1. The van der Waals surface area contributed by atoms with Crippen molar-refractivity contribution in [3.63, 3.8) is 0 Å². The number of nitrogens with one attached hydrogen (secondary N) is 2. The van der Waals surface area contributed by atoms with E-state index in [-0.39, 0.29) is 5.91 Å². The van der Waals surface area contributed by atoms with Crippen LogP contribution in [-0.2, 0) is 14.3 Å². The van der Waals surface area contributed by atoms with Crippen molar-refractivity contribution in [1.29, 1.82) is 0 Å². The number of anilines is 1. The topological polar surface area (TPSA) is 76.7 Å². The largest absolute Gasteiger partial charge is 0.465 e. The first kappa shape index (κ1) is 13.0. The molecule has 0 radical (unpaired) electrons. The number of hydrogen-bond donors (Lipinski definition) is 2. The van der Waals surface area contributed by atoms with Gasteiger partial charge >= 0.3 is 5.97 Å². The molecule has 0 aliphatic carbocycles. The second kappa shape index (κ2) is 5.94. The molecular weight excluding hydrogens is 256 g/mol. The highest BCUT2D eigenvalue weighted by Crippen LogP contribution is 2.23. The lowest BCUT2D eigenvalue weighted by molar-refractivity contribution is -0.128. The quantitative estimate of drug-likeness (QED) is 0.780. The van der Waals surface area contributed by atoms with Gasteiger partial charge in [0.2, 0.25) is 0 Å². The number of carbonyl (C=O) groups is 2. The van der Waals surface area contributed by atoms with Crippen LogP contribution >= 0.6 is 11.3 Å². The van der Waals surface area contributed by atoms with Gasteiger partial charge in [0.15, 0.2) is 0 Å². The van der Waals surface area contributed by atoms with Crippen molar-refractivity contribution in [2.24, 2.45) is 0 Å². The van der Waals surface area contributed by atoms with Gasteiger partial charge in [-0.25, -0.2) is 4.79 Å². The van der Waals surface area contributed by atoms with E-state index in [1.54, 1.807) is 11.4 Å². The zero-order valence-electron chi connectivity index (χ0n) is 9.89. The minimum absolute atomic E-state index is 0.259. The maximum Gasteiger partial charge on any atom is 0.350 e. The molecule has 0 spiro atoms. The predicted octanol–water partition coefficient (Wildman–Crippen LogP) is 0.462. The number of carbonyl (C=O) groups excluding carboxylic acids is 2. The molecule has 0 saturated carbocycles. The Bertz CT molecular complexity index is 440. The van der Waals surface area contributed by atoms with E-state index in [2.05, 4.69) is 15.4 Å². The third-order valence-corrected chi connectivity index (χ3v) is 3.41. The van der Waals surface area contributed by atoms with E-state index in [0.29, 0.717) is 23.7 Å². The van der Waals surface area contributed by atoms with Gasteiger partial charge in [-0.3, -0.25) is 4.79 Å². The molecule has 1 aromatic heterocycles. The van der Waals surface area contributed by atoms with Crippen LogP contribution in [0, 0.1) is 0 Å². The van der Waals surface area contributed by atoms with Crippen molar-refractivity contribution in [2.75, 3.05) is 32.1 Å². The Morgan fingerprint density at radius 3 is 3.11 bits per heavy atom. The summed E-state index contributed by atoms with van der Waals surface area (Å²) in [5.41, 5.74) is 0.464. The lowest BCUT2D eigenvalue weighted by atomic mass is 10.2. The Kier molecular flexibility index (Phi) is 4.29. The highest BCUT2D eigenvalue weighted by molar-refractivity contribution is 7.12. The Hall–Kier alpha value is -1.44. The van der Waals surface area contributed by atoms with Crippen LogP contribution in [0.1, 0.15) is 9.67 Å². The fraction of sp³-hybridized carbons (Fsp3) is 0.455. The zero-order chi connectivity index (χ0) is 13.0. The molecular formula is C11H14N2O4S. The number of ether oxygens (including phenoxy) is 2. The first-order chi connectivity index (χ1) is 8.72. The molecule has 1 saturated heterocycles. The van der Waals surface area contributed by atoms with Crippen molar-refractivity contribution in [3.8, 4) is 0 Å². The van der Waals surface area contributed by atoms with E-state index in [0.717, 1.165) is 6.54 Å². The summed E-state index contributed by atoms with van der Waals surface area (Å²) in [4.78, 5) is 23.7. The molecule has 1 aliphatic heterocycles. The van der Waals surface area contributed by atoms with Crippen LogP contribution in [0.5, 0.6) is 0 Å². The fourth-order valence-corrected chi connectivity index (χ4v) is 2.37. The maximum absolute atomic E-state index is 11.9. The van der Waals surface area contributed by atoms with E-state index >= 15 is 0 Å². The van der Waals surface area contributed by atoms with E-state index in [1.807, 2.05) is 0 Å². The lowest BCUT2D eigenvalue weighted by Crippen LogP contribution is -2.45. The second-order valence-corrected chi connectivity index (χ2v) is 4.62. The minimum atomic E-state index is -0.524. The van der Waals surface area contributed by atoms with Gasteiger partial charge in [0.25, 0.3) is 5.91 Å². The SMILES string of the molecule is COC(=O)c1sccc1NC(=O)C1CNCCO1. The molecule has 7 heteroatoms. The molecule has 1 amide bonds.